The molecule has 2 nitrogen and oxygen atoms in total. The highest BCUT2D eigenvalue weighted by Gasteiger charge is 2.24. The van der Waals surface area contributed by atoms with Crippen molar-refractivity contribution in [3.63, 3.8) is 0 Å². The average Bonchev–Trinajstić information content (AvgIpc) is 2.07. The van der Waals surface area contributed by atoms with E-state index in [4.69, 9.17) is 5.11 Å². The number of benzene rings is 1. The molecular weight excluding hydrogens is 176 g/mol. The Morgan fingerprint density at radius 1 is 1.29 bits per heavy atom. The second kappa shape index (κ2) is 4.27. The third-order valence-electron chi connectivity index (χ3n) is 2.46. The number of rotatable bonds is 3. The predicted molar refractivity (Wildman–Crippen MR) is 56.4 cm³/mol. The molecule has 0 unspecified atom stereocenters. The minimum atomic E-state index is -0.741. The maximum atomic E-state index is 11.1. The van der Waals surface area contributed by atoms with Gasteiger partial charge in [-0.1, -0.05) is 38.1 Å². The van der Waals surface area contributed by atoms with Gasteiger partial charge in [0.05, 0.1) is 5.92 Å². The van der Waals surface area contributed by atoms with Gasteiger partial charge in [-0.25, -0.2) is 0 Å². The number of hydrogen-bond donors (Lipinski definition) is 1. The number of aliphatic carboxylic acids is 1. The van der Waals surface area contributed by atoms with Crippen LogP contribution in [0.5, 0.6) is 0 Å². The van der Waals surface area contributed by atoms with Gasteiger partial charge in [-0.3, -0.25) is 4.79 Å². The first-order valence-electron chi connectivity index (χ1n) is 4.82. The smallest absolute Gasteiger partial charge is 0.311 e. The summed E-state index contributed by atoms with van der Waals surface area (Å²) in [5.41, 5.74) is 1.98. The minimum Gasteiger partial charge on any atom is -0.481 e. The van der Waals surface area contributed by atoms with Crippen LogP contribution in [0.2, 0.25) is 0 Å². The van der Waals surface area contributed by atoms with Crippen molar-refractivity contribution in [2.45, 2.75) is 26.7 Å². The van der Waals surface area contributed by atoms with Crippen molar-refractivity contribution in [2.75, 3.05) is 0 Å². The summed E-state index contributed by atoms with van der Waals surface area (Å²) in [6, 6.07) is 7.67. The molecule has 1 aromatic rings. The normalized spacial score (nSPS) is 12.9. The summed E-state index contributed by atoms with van der Waals surface area (Å²) in [4.78, 5) is 11.1. The number of aryl methyl sites for hydroxylation is 1. The first kappa shape index (κ1) is 10.8. The highest BCUT2D eigenvalue weighted by molar-refractivity contribution is 5.76. The fraction of sp³-hybridized carbons (Fsp3) is 0.417. The molecule has 0 saturated carbocycles. The average molecular weight is 192 g/mol. The molecule has 76 valence electrons. The Bertz CT molecular complexity index is 329. The largest absolute Gasteiger partial charge is 0.481 e. The van der Waals surface area contributed by atoms with Crippen LogP contribution in [0.1, 0.15) is 30.9 Å². The van der Waals surface area contributed by atoms with Crippen LogP contribution < -0.4 is 0 Å². The molecule has 0 heterocycles. The summed E-state index contributed by atoms with van der Waals surface area (Å²) in [7, 11) is 0. The van der Waals surface area contributed by atoms with Gasteiger partial charge in [-0.2, -0.15) is 0 Å². The van der Waals surface area contributed by atoms with E-state index < -0.39 is 11.9 Å². The van der Waals surface area contributed by atoms with Crippen LogP contribution in [0.3, 0.4) is 0 Å². The summed E-state index contributed by atoms with van der Waals surface area (Å²) in [5, 5.41) is 9.12. The molecule has 0 amide bonds. The second-order valence-corrected chi connectivity index (χ2v) is 3.92. The number of carboxylic acids is 1. The molecule has 0 aliphatic heterocycles. The predicted octanol–water partition coefficient (Wildman–Crippen LogP) is 2.82. The molecule has 1 N–H and O–H groups in total. The fourth-order valence-electron chi connectivity index (χ4n) is 1.71. The maximum Gasteiger partial charge on any atom is 0.311 e. The van der Waals surface area contributed by atoms with Gasteiger partial charge in [0.15, 0.2) is 0 Å². The van der Waals surface area contributed by atoms with Gasteiger partial charge in [-0.15, -0.1) is 0 Å². The van der Waals surface area contributed by atoms with Crippen LogP contribution in [-0.4, -0.2) is 11.1 Å². The molecule has 0 radical (unpaired) electrons. The van der Waals surface area contributed by atoms with Crippen molar-refractivity contribution in [2.24, 2.45) is 5.92 Å². The van der Waals surface area contributed by atoms with Crippen LogP contribution >= 0.6 is 0 Å². The van der Waals surface area contributed by atoms with Crippen LogP contribution in [0.15, 0.2) is 24.3 Å². The number of carboxylic acid groups (broad SMARTS) is 1. The number of carbonyl (C=O) groups is 1. The van der Waals surface area contributed by atoms with Gasteiger partial charge in [0.25, 0.3) is 0 Å². The molecule has 2 heteroatoms. The SMILES string of the molecule is Cc1ccccc1[C@@H](C(=O)O)C(C)C. The summed E-state index contributed by atoms with van der Waals surface area (Å²) in [6.45, 7) is 5.82. The Morgan fingerprint density at radius 3 is 2.29 bits per heavy atom. The molecular formula is C12H16O2. The van der Waals surface area contributed by atoms with Crippen molar-refractivity contribution < 1.29 is 9.90 Å². The maximum absolute atomic E-state index is 11.1. The van der Waals surface area contributed by atoms with E-state index in [0.29, 0.717) is 0 Å². The lowest BCUT2D eigenvalue weighted by atomic mass is 9.86. The summed E-state index contributed by atoms with van der Waals surface area (Å²) < 4.78 is 0. The third kappa shape index (κ3) is 2.13. The van der Waals surface area contributed by atoms with E-state index >= 15 is 0 Å². The van der Waals surface area contributed by atoms with Crippen molar-refractivity contribution in [3.05, 3.63) is 35.4 Å². The standard InChI is InChI=1S/C12H16O2/c1-8(2)11(12(13)14)10-7-5-4-6-9(10)3/h4-8,11H,1-3H3,(H,13,14)/t11-/m0/s1. The van der Waals surface area contributed by atoms with Crippen LogP contribution in [-0.2, 0) is 4.79 Å². The van der Waals surface area contributed by atoms with E-state index in [0.717, 1.165) is 11.1 Å². The van der Waals surface area contributed by atoms with Gasteiger partial charge in [0, 0.05) is 0 Å². The van der Waals surface area contributed by atoms with E-state index in [1.165, 1.54) is 0 Å². The second-order valence-electron chi connectivity index (χ2n) is 3.92. The van der Waals surface area contributed by atoms with Crippen molar-refractivity contribution in [1.82, 2.24) is 0 Å². The topological polar surface area (TPSA) is 37.3 Å². The van der Waals surface area contributed by atoms with Crippen LogP contribution in [0.4, 0.5) is 0 Å². The van der Waals surface area contributed by atoms with Gasteiger partial charge >= 0.3 is 5.97 Å². The quantitative estimate of drug-likeness (QED) is 0.799. The Balaban J connectivity index is 3.12. The first-order valence-corrected chi connectivity index (χ1v) is 4.82. The zero-order chi connectivity index (χ0) is 10.7. The van der Waals surface area contributed by atoms with E-state index in [1.807, 2.05) is 45.0 Å². The van der Waals surface area contributed by atoms with Gasteiger partial charge < -0.3 is 5.11 Å². The Hall–Kier alpha value is -1.31. The zero-order valence-corrected chi connectivity index (χ0v) is 8.82. The monoisotopic (exact) mass is 192 g/mol. The van der Waals surface area contributed by atoms with Gasteiger partial charge in [-0.05, 0) is 24.0 Å². The van der Waals surface area contributed by atoms with E-state index in [2.05, 4.69) is 0 Å². The van der Waals surface area contributed by atoms with Crippen LogP contribution in [0, 0.1) is 12.8 Å². The van der Waals surface area contributed by atoms with E-state index in [1.54, 1.807) is 0 Å². The highest BCUT2D eigenvalue weighted by atomic mass is 16.4. The summed E-state index contributed by atoms with van der Waals surface area (Å²) in [5.74, 6) is -1.01. The van der Waals surface area contributed by atoms with E-state index in [-0.39, 0.29) is 5.92 Å². The fourth-order valence-corrected chi connectivity index (χ4v) is 1.71. The summed E-state index contributed by atoms with van der Waals surface area (Å²) >= 11 is 0. The Morgan fingerprint density at radius 2 is 1.86 bits per heavy atom. The summed E-state index contributed by atoms with van der Waals surface area (Å²) in [6.07, 6.45) is 0. The molecule has 0 spiro atoms. The molecule has 0 aliphatic rings. The molecule has 1 atom stereocenters. The van der Waals surface area contributed by atoms with Crippen LogP contribution in [0.25, 0.3) is 0 Å². The lowest BCUT2D eigenvalue weighted by Gasteiger charge is -2.18. The third-order valence-corrected chi connectivity index (χ3v) is 2.46. The van der Waals surface area contributed by atoms with Gasteiger partial charge in [0.1, 0.15) is 0 Å². The van der Waals surface area contributed by atoms with Crippen molar-refractivity contribution in [1.29, 1.82) is 0 Å². The van der Waals surface area contributed by atoms with Crippen molar-refractivity contribution in [3.8, 4) is 0 Å². The van der Waals surface area contributed by atoms with E-state index in [9.17, 15) is 4.79 Å². The molecule has 14 heavy (non-hydrogen) atoms. The lowest BCUT2D eigenvalue weighted by molar-refractivity contribution is -0.139. The molecule has 0 aliphatic carbocycles. The van der Waals surface area contributed by atoms with Gasteiger partial charge in [0.2, 0.25) is 0 Å². The number of hydrogen-bond acceptors (Lipinski definition) is 1. The first-order chi connectivity index (χ1) is 6.54. The Kier molecular flexibility index (Phi) is 3.28. The van der Waals surface area contributed by atoms with Crippen molar-refractivity contribution >= 4 is 5.97 Å². The molecule has 0 bridgehead atoms. The molecule has 0 aromatic heterocycles. The lowest BCUT2D eigenvalue weighted by Crippen LogP contribution is -2.18. The molecule has 1 rings (SSSR count). The molecule has 1 aromatic carbocycles. The highest BCUT2D eigenvalue weighted by Crippen LogP contribution is 2.26. The zero-order valence-electron chi connectivity index (χ0n) is 8.82. The Labute approximate surface area is 84.6 Å². The molecule has 0 saturated heterocycles. The minimum absolute atomic E-state index is 0.119. The molecule has 0 fully saturated rings.